The molecule has 0 atom stereocenters. The Kier molecular flexibility index (Phi) is 11.9. The van der Waals surface area contributed by atoms with E-state index in [4.69, 9.17) is 5.26 Å². The van der Waals surface area contributed by atoms with Gasteiger partial charge < -0.3 is 36.6 Å². The molecule has 6 N–H and O–H groups in total. The number of nitrogens with one attached hydrogen (secondary N) is 6. The summed E-state index contributed by atoms with van der Waals surface area (Å²) in [5.74, 6) is 0. The summed E-state index contributed by atoms with van der Waals surface area (Å²) in [4.78, 5) is 99.5. The minimum absolute atomic E-state index is 0.388. The highest BCUT2D eigenvalue weighted by Gasteiger charge is 2.17. The lowest BCUT2D eigenvalue weighted by Crippen LogP contribution is -2.59. The lowest BCUT2D eigenvalue weighted by atomic mass is 10.7. The topological polar surface area (TPSA) is 281 Å². The largest absolute Gasteiger partial charge is 0.405 e. The van der Waals surface area contributed by atoms with Crippen LogP contribution in [-0.4, -0.2) is 64.0 Å². The molecule has 0 bridgehead atoms. The van der Waals surface area contributed by atoms with Crippen molar-refractivity contribution in [1.82, 2.24) is 45.6 Å². The van der Waals surface area contributed by atoms with Crippen LogP contribution in [0.25, 0.3) is 0 Å². The van der Waals surface area contributed by atoms with E-state index in [1.165, 1.54) is 18.4 Å². The number of aromatic nitrogens is 3. The molecule has 0 aromatic carbocycles. The van der Waals surface area contributed by atoms with Gasteiger partial charge in [0, 0.05) is 0 Å². The summed E-state index contributed by atoms with van der Waals surface area (Å²) in [6.45, 7) is -3.75. The fourth-order valence-corrected chi connectivity index (χ4v) is 2.15. The van der Waals surface area contributed by atoms with Gasteiger partial charge >= 0.3 is 35.2 Å². The molecule has 0 fully saturated rings. The normalized spacial score (nSPS) is 9.31. The van der Waals surface area contributed by atoms with Crippen molar-refractivity contribution in [3.8, 4) is 6.26 Å². The van der Waals surface area contributed by atoms with Gasteiger partial charge in [0.25, 0.3) is 6.26 Å². The van der Waals surface area contributed by atoms with Crippen LogP contribution >= 0.6 is 0 Å². The fraction of sp³-hybridized carbons (Fsp3) is 0.400. The van der Waals surface area contributed by atoms with Crippen LogP contribution in [0.3, 0.4) is 0 Å². The van der Waals surface area contributed by atoms with Crippen LogP contribution in [0.5, 0.6) is 0 Å². The maximum atomic E-state index is 12.7. The molecule has 0 aliphatic rings. The lowest BCUT2D eigenvalue weighted by molar-refractivity contribution is 0.209. The number of aliphatic imine (C=N–C) groups is 2. The van der Waals surface area contributed by atoms with Crippen molar-refractivity contribution >= 4 is 30.3 Å². The van der Waals surface area contributed by atoms with Crippen LogP contribution in [0, 0.1) is 11.5 Å². The van der Waals surface area contributed by atoms with Crippen molar-refractivity contribution in [2.45, 2.75) is 20.0 Å². The summed E-state index contributed by atoms with van der Waals surface area (Å²) in [7, 11) is 0. The molecular formula is C15H18N12O9. The van der Waals surface area contributed by atoms with Crippen LogP contribution < -0.4 is 49.0 Å². The van der Waals surface area contributed by atoms with Crippen LogP contribution in [0.15, 0.2) is 24.4 Å². The summed E-state index contributed by atoms with van der Waals surface area (Å²) in [6.07, 6.45) is 3.64. The minimum atomic E-state index is -1.26. The Bertz CT molecular complexity index is 1200. The monoisotopic (exact) mass is 510 g/mol. The molecule has 1 rings (SSSR count). The first-order valence-corrected chi connectivity index (χ1v) is 9.34. The summed E-state index contributed by atoms with van der Waals surface area (Å²) in [6, 6.07) is -2.86. The van der Waals surface area contributed by atoms with Gasteiger partial charge in [-0.2, -0.15) is 15.2 Å². The zero-order valence-electron chi connectivity index (χ0n) is 18.1. The fourth-order valence-electron chi connectivity index (χ4n) is 2.15. The minimum Gasteiger partial charge on any atom is -0.405 e. The summed E-state index contributed by atoms with van der Waals surface area (Å²) in [5.41, 5.74) is -3.78. The van der Waals surface area contributed by atoms with E-state index >= 15 is 0 Å². The highest BCUT2D eigenvalue weighted by atomic mass is 16.5. The number of carbonyl (C=O) groups excluding carboxylic acids is 5. The average molecular weight is 510 g/mol. The molecule has 0 spiro atoms. The highest BCUT2D eigenvalue weighted by Crippen LogP contribution is 1.78. The number of isocyanates is 2. The predicted octanol–water partition coefficient (Wildman–Crippen LogP) is -5.02. The van der Waals surface area contributed by atoms with Crippen molar-refractivity contribution < 1.29 is 28.7 Å². The third-order valence-electron chi connectivity index (χ3n) is 3.71. The SMILES string of the molecule is N#COCNC(=O)NCn1c(=O)n(CNC(=O)NCN=C=O)c(=O)n(CNC(=O)NCN=C=O)c1=O. The number of urea groups is 3. The van der Waals surface area contributed by atoms with Crippen LogP contribution in [0.4, 0.5) is 14.4 Å². The van der Waals surface area contributed by atoms with Gasteiger partial charge in [-0.25, -0.2) is 52.1 Å². The molecule has 1 heterocycles. The first kappa shape index (κ1) is 28.3. The third-order valence-corrected chi connectivity index (χ3v) is 3.71. The zero-order valence-corrected chi connectivity index (χ0v) is 18.1. The lowest BCUT2D eigenvalue weighted by Gasteiger charge is -2.15. The van der Waals surface area contributed by atoms with Gasteiger partial charge in [-0.15, -0.1) is 0 Å². The van der Waals surface area contributed by atoms with Gasteiger partial charge in [-0.05, 0) is 0 Å². The number of nitrogens with zero attached hydrogens (tertiary/aromatic N) is 6. The number of nitriles is 1. The first-order valence-electron chi connectivity index (χ1n) is 9.34. The van der Waals surface area contributed by atoms with E-state index in [2.05, 4.69) is 46.6 Å². The molecule has 21 nitrogen and oxygen atoms in total. The number of ether oxygens (including phenoxy) is 1. The maximum Gasteiger partial charge on any atom is 0.339 e. The standard InChI is InChI=1S/C15H18N12O9/c16-1-36-9-24-12(32)23-6-27-14(34)25(4-21-10(30)19-2-17-7-28)13(33)26(15(27)35)5-22-11(31)20-3-18-8-29/h2-6,9H2,(H2,19,21,30)(H2,20,22,31)(H2,23,24,32). The van der Waals surface area contributed by atoms with Crippen LogP contribution in [-0.2, 0) is 34.3 Å². The Morgan fingerprint density at radius 1 is 0.694 bits per heavy atom. The van der Waals surface area contributed by atoms with Gasteiger partial charge in [0.15, 0.2) is 6.73 Å². The maximum absolute atomic E-state index is 12.7. The van der Waals surface area contributed by atoms with Crippen molar-refractivity contribution in [2.24, 2.45) is 9.98 Å². The summed E-state index contributed by atoms with van der Waals surface area (Å²) >= 11 is 0. The second-order valence-electron chi connectivity index (χ2n) is 5.85. The number of amides is 6. The van der Waals surface area contributed by atoms with Crippen molar-refractivity contribution in [3.63, 3.8) is 0 Å². The van der Waals surface area contributed by atoms with Crippen molar-refractivity contribution in [3.05, 3.63) is 31.5 Å². The Balaban J connectivity index is 3.20. The van der Waals surface area contributed by atoms with E-state index in [-0.39, 0.29) is 0 Å². The van der Waals surface area contributed by atoms with Gasteiger partial charge in [0.1, 0.15) is 33.3 Å². The van der Waals surface area contributed by atoms with Crippen LogP contribution in [0.2, 0.25) is 0 Å². The Hall–Kier alpha value is -5.73. The highest BCUT2D eigenvalue weighted by molar-refractivity contribution is 5.74. The number of carbonyl (C=O) groups is 3. The Labute approximate surface area is 198 Å². The number of hydrogen-bond donors (Lipinski definition) is 6. The molecule has 0 unspecified atom stereocenters. The molecule has 0 radical (unpaired) electrons. The van der Waals surface area contributed by atoms with Gasteiger partial charge in [0.05, 0.1) is 0 Å². The van der Waals surface area contributed by atoms with E-state index in [1.54, 1.807) is 0 Å². The quantitative estimate of drug-likeness (QED) is 0.0511. The van der Waals surface area contributed by atoms with Gasteiger partial charge in [-0.3, -0.25) is 0 Å². The van der Waals surface area contributed by atoms with Crippen LogP contribution in [0.1, 0.15) is 0 Å². The van der Waals surface area contributed by atoms with E-state index in [1.807, 2.05) is 0 Å². The summed E-state index contributed by atoms with van der Waals surface area (Å²) < 4.78 is 5.40. The smallest absolute Gasteiger partial charge is 0.339 e. The second-order valence-corrected chi connectivity index (χ2v) is 5.85. The molecule has 0 saturated carbocycles. The molecule has 0 aliphatic heterocycles. The predicted molar refractivity (Wildman–Crippen MR) is 112 cm³/mol. The zero-order chi connectivity index (χ0) is 26.9. The molecule has 0 saturated heterocycles. The number of hydrogen-bond acceptors (Lipinski definition) is 12. The number of rotatable bonds is 12. The third kappa shape index (κ3) is 9.02. The van der Waals surface area contributed by atoms with E-state index in [0.717, 1.165) is 0 Å². The Morgan fingerprint density at radius 3 is 1.39 bits per heavy atom. The molecule has 6 amide bonds. The average Bonchev–Trinajstić information content (AvgIpc) is 2.84. The van der Waals surface area contributed by atoms with E-state index in [9.17, 15) is 38.4 Å². The summed E-state index contributed by atoms with van der Waals surface area (Å²) in [5, 5.41) is 20.8. The van der Waals surface area contributed by atoms with Gasteiger partial charge in [-0.1, -0.05) is 0 Å². The first-order chi connectivity index (χ1) is 17.3. The van der Waals surface area contributed by atoms with Crippen molar-refractivity contribution in [2.75, 3.05) is 20.1 Å². The van der Waals surface area contributed by atoms with E-state index < -0.39 is 75.2 Å². The molecule has 1 aromatic rings. The second kappa shape index (κ2) is 15.2. The van der Waals surface area contributed by atoms with Gasteiger partial charge in [0.2, 0.25) is 12.2 Å². The molecule has 192 valence electrons. The molecule has 1 aromatic heterocycles. The Morgan fingerprint density at radius 2 is 1.06 bits per heavy atom. The molecule has 21 heteroatoms. The molecule has 0 aliphatic carbocycles. The van der Waals surface area contributed by atoms with Crippen molar-refractivity contribution in [1.29, 1.82) is 5.26 Å². The molecular weight excluding hydrogens is 492 g/mol. The molecule has 36 heavy (non-hydrogen) atoms. The van der Waals surface area contributed by atoms with E-state index in [0.29, 0.717) is 13.7 Å².